The quantitative estimate of drug-likeness (QED) is 0.806. The first kappa shape index (κ1) is 14.6. The van der Waals surface area contributed by atoms with E-state index < -0.39 is 0 Å². The van der Waals surface area contributed by atoms with Crippen molar-refractivity contribution in [2.75, 3.05) is 6.54 Å². The topological polar surface area (TPSA) is 25.2 Å². The van der Waals surface area contributed by atoms with Gasteiger partial charge in [-0.2, -0.15) is 0 Å². The zero-order valence-electron chi connectivity index (χ0n) is 11.6. The summed E-state index contributed by atoms with van der Waals surface area (Å²) in [6.45, 7) is 12.3. The summed E-state index contributed by atoms with van der Waals surface area (Å²) in [6.07, 6.45) is 0. The molecule has 4 heteroatoms. The summed E-state index contributed by atoms with van der Waals surface area (Å²) < 4.78 is 7.57. The van der Waals surface area contributed by atoms with Crippen molar-refractivity contribution < 1.29 is 4.42 Å². The molecule has 2 atom stereocenters. The molecule has 0 aromatic carbocycles. The lowest BCUT2D eigenvalue weighted by molar-refractivity contribution is 0.395. The molecule has 1 aromatic heterocycles. The zero-order valence-corrected chi connectivity index (χ0v) is 14.8. The maximum absolute atomic E-state index is 5.78. The second-order valence-electron chi connectivity index (χ2n) is 6.81. The predicted molar refractivity (Wildman–Crippen MR) is 81.9 cm³/mol. The van der Waals surface area contributed by atoms with Crippen molar-refractivity contribution in [2.45, 2.75) is 46.1 Å². The summed E-state index contributed by atoms with van der Waals surface area (Å²) in [5, 5.41) is 3.60. The summed E-state index contributed by atoms with van der Waals surface area (Å²) in [5.74, 6) is 2.23. The Hall–Kier alpha value is 0.200. The highest BCUT2D eigenvalue weighted by Gasteiger charge is 2.59. The summed E-state index contributed by atoms with van der Waals surface area (Å²) in [5.41, 5.74) is 0.489. The van der Waals surface area contributed by atoms with E-state index in [4.69, 9.17) is 4.42 Å². The molecule has 1 N–H and O–H groups in total. The highest BCUT2D eigenvalue weighted by atomic mass is 79.9. The van der Waals surface area contributed by atoms with Gasteiger partial charge in [0.05, 0.1) is 4.47 Å². The van der Waals surface area contributed by atoms with Crippen LogP contribution in [0, 0.1) is 11.3 Å². The average Bonchev–Trinajstić information content (AvgIpc) is 2.58. The number of furan rings is 1. The molecule has 0 radical (unpaired) electrons. The zero-order chi connectivity index (χ0) is 13.7. The van der Waals surface area contributed by atoms with E-state index in [-0.39, 0.29) is 5.54 Å². The molecule has 0 spiro atoms. The first-order chi connectivity index (χ1) is 8.13. The van der Waals surface area contributed by atoms with Gasteiger partial charge in [0.15, 0.2) is 4.67 Å². The fourth-order valence-corrected chi connectivity index (χ4v) is 3.23. The standard InChI is InChI=1S/C14H21Br2NO/c1-13(2,3)17-7-8-11(14(8,4)5)10-6-9(15)12(16)18-10/h6,8,11,17H,7H2,1-5H3. The van der Waals surface area contributed by atoms with Gasteiger partial charge < -0.3 is 9.73 Å². The molecule has 1 fully saturated rings. The van der Waals surface area contributed by atoms with Gasteiger partial charge in [0.1, 0.15) is 5.76 Å². The first-order valence-corrected chi connectivity index (χ1v) is 7.91. The number of hydrogen-bond acceptors (Lipinski definition) is 2. The molecule has 1 saturated carbocycles. The van der Waals surface area contributed by atoms with Crippen LogP contribution in [0.1, 0.15) is 46.3 Å². The molecule has 2 rings (SSSR count). The Kier molecular flexibility index (Phi) is 3.76. The molecule has 1 aromatic rings. The monoisotopic (exact) mass is 377 g/mol. The molecule has 0 aliphatic heterocycles. The minimum atomic E-state index is 0.174. The number of nitrogens with one attached hydrogen (secondary N) is 1. The van der Waals surface area contributed by atoms with Gasteiger partial charge in [-0.15, -0.1) is 0 Å². The van der Waals surface area contributed by atoms with Gasteiger partial charge in [-0.3, -0.25) is 0 Å². The molecular formula is C14H21Br2NO. The Labute approximate surface area is 126 Å². The van der Waals surface area contributed by atoms with Crippen LogP contribution in [0.15, 0.2) is 19.6 Å². The van der Waals surface area contributed by atoms with Gasteiger partial charge in [-0.25, -0.2) is 0 Å². The predicted octanol–water partition coefficient (Wildman–Crippen LogP) is 4.93. The van der Waals surface area contributed by atoms with E-state index in [9.17, 15) is 0 Å². The summed E-state index contributed by atoms with van der Waals surface area (Å²) in [7, 11) is 0. The second kappa shape index (κ2) is 4.64. The van der Waals surface area contributed by atoms with Crippen molar-refractivity contribution in [3.8, 4) is 0 Å². The van der Waals surface area contributed by atoms with E-state index in [1.54, 1.807) is 0 Å². The minimum Gasteiger partial charge on any atom is -0.453 e. The van der Waals surface area contributed by atoms with Gasteiger partial charge in [0.2, 0.25) is 0 Å². The van der Waals surface area contributed by atoms with Gasteiger partial charge in [-0.05, 0) is 76.6 Å². The van der Waals surface area contributed by atoms with E-state index in [0.717, 1.165) is 21.4 Å². The maximum atomic E-state index is 5.78. The fraction of sp³-hybridized carbons (Fsp3) is 0.714. The van der Waals surface area contributed by atoms with Crippen LogP contribution in [0.3, 0.4) is 0 Å². The number of hydrogen-bond donors (Lipinski definition) is 1. The lowest BCUT2D eigenvalue weighted by Gasteiger charge is -2.20. The van der Waals surface area contributed by atoms with Gasteiger partial charge >= 0.3 is 0 Å². The second-order valence-corrected chi connectivity index (χ2v) is 8.38. The normalized spacial score (nSPS) is 26.4. The van der Waals surface area contributed by atoms with Gasteiger partial charge in [0.25, 0.3) is 0 Å². The highest BCUT2D eigenvalue weighted by molar-refractivity contribution is 9.13. The van der Waals surface area contributed by atoms with E-state index in [1.165, 1.54) is 0 Å². The van der Waals surface area contributed by atoms with Crippen molar-refractivity contribution in [3.05, 3.63) is 21.0 Å². The van der Waals surface area contributed by atoms with E-state index in [0.29, 0.717) is 17.3 Å². The average molecular weight is 379 g/mol. The lowest BCUT2D eigenvalue weighted by Crippen LogP contribution is -2.37. The Morgan fingerprint density at radius 1 is 1.33 bits per heavy atom. The van der Waals surface area contributed by atoms with E-state index in [1.807, 2.05) is 0 Å². The smallest absolute Gasteiger partial charge is 0.183 e. The largest absolute Gasteiger partial charge is 0.453 e. The van der Waals surface area contributed by atoms with E-state index >= 15 is 0 Å². The third kappa shape index (κ3) is 2.86. The molecule has 0 bridgehead atoms. The van der Waals surface area contributed by atoms with Crippen LogP contribution < -0.4 is 5.32 Å². The Bertz CT molecular complexity index is 426. The van der Waals surface area contributed by atoms with Gasteiger partial charge in [-0.1, -0.05) is 13.8 Å². The molecular weight excluding hydrogens is 358 g/mol. The molecule has 1 aliphatic rings. The summed E-state index contributed by atoms with van der Waals surface area (Å²) >= 11 is 6.90. The number of rotatable bonds is 3. The molecule has 0 amide bonds. The third-order valence-electron chi connectivity index (χ3n) is 3.87. The highest BCUT2D eigenvalue weighted by Crippen LogP contribution is 2.64. The molecule has 18 heavy (non-hydrogen) atoms. The van der Waals surface area contributed by atoms with Crippen molar-refractivity contribution in [2.24, 2.45) is 11.3 Å². The molecule has 2 unspecified atom stereocenters. The molecule has 0 saturated heterocycles. The van der Waals surface area contributed by atoms with Crippen LogP contribution in [0.5, 0.6) is 0 Å². The summed E-state index contributed by atoms with van der Waals surface area (Å²) in [4.78, 5) is 0. The van der Waals surface area contributed by atoms with Crippen LogP contribution >= 0.6 is 31.9 Å². The summed E-state index contributed by atoms with van der Waals surface area (Å²) in [6, 6.07) is 2.09. The van der Waals surface area contributed by atoms with Gasteiger partial charge in [0, 0.05) is 11.5 Å². The van der Waals surface area contributed by atoms with Crippen LogP contribution in [0.25, 0.3) is 0 Å². The number of halogens is 2. The van der Waals surface area contributed by atoms with Crippen LogP contribution in [-0.2, 0) is 0 Å². The van der Waals surface area contributed by atoms with Crippen LogP contribution in [0.4, 0.5) is 0 Å². The molecule has 102 valence electrons. The van der Waals surface area contributed by atoms with Crippen molar-refractivity contribution in [3.63, 3.8) is 0 Å². The minimum absolute atomic E-state index is 0.174. The fourth-order valence-electron chi connectivity index (χ4n) is 2.62. The van der Waals surface area contributed by atoms with Crippen molar-refractivity contribution >= 4 is 31.9 Å². The molecule has 2 nitrogen and oxygen atoms in total. The SMILES string of the molecule is CC(C)(C)NCC1C(c2cc(Br)c(Br)o2)C1(C)C. The van der Waals surface area contributed by atoms with Crippen molar-refractivity contribution in [1.82, 2.24) is 5.32 Å². The van der Waals surface area contributed by atoms with Crippen LogP contribution in [0.2, 0.25) is 0 Å². The molecule has 1 aliphatic carbocycles. The lowest BCUT2D eigenvalue weighted by atomic mass is 10.1. The molecule has 1 heterocycles. The maximum Gasteiger partial charge on any atom is 0.183 e. The van der Waals surface area contributed by atoms with Crippen molar-refractivity contribution in [1.29, 1.82) is 0 Å². The van der Waals surface area contributed by atoms with Crippen LogP contribution in [-0.4, -0.2) is 12.1 Å². The Balaban J connectivity index is 2.07. The Morgan fingerprint density at radius 2 is 1.94 bits per heavy atom. The van der Waals surface area contributed by atoms with E-state index in [2.05, 4.69) is 77.9 Å². The first-order valence-electron chi connectivity index (χ1n) is 6.32. The Morgan fingerprint density at radius 3 is 2.39 bits per heavy atom. The third-order valence-corrected chi connectivity index (χ3v) is 5.58.